The first-order chi connectivity index (χ1) is 14.4. The number of benzene rings is 1. The van der Waals surface area contributed by atoms with Crippen molar-refractivity contribution < 1.29 is 4.39 Å². The highest BCUT2D eigenvalue weighted by atomic mass is 19.1. The Morgan fingerprint density at radius 2 is 1.87 bits per heavy atom. The largest absolute Gasteiger partial charge is 0.294 e. The molecule has 8 heteroatoms. The maximum absolute atomic E-state index is 13.3. The fourth-order valence-corrected chi connectivity index (χ4v) is 3.67. The van der Waals surface area contributed by atoms with Crippen LogP contribution in [0.4, 0.5) is 4.39 Å². The summed E-state index contributed by atoms with van der Waals surface area (Å²) in [6.45, 7) is 5.71. The third kappa shape index (κ3) is 3.45. The van der Waals surface area contributed by atoms with Gasteiger partial charge in [-0.05, 0) is 44.5 Å². The zero-order valence-electron chi connectivity index (χ0n) is 17.4. The van der Waals surface area contributed by atoms with Crippen molar-refractivity contribution >= 4 is 0 Å². The van der Waals surface area contributed by atoms with Gasteiger partial charge in [0.25, 0.3) is 5.56 Å². The molecule has 3 aromatic heterocycles. The SMILES string of the molecule is CCc1c(Cc2cc(-n3[nH]c(C)c(C)c3=O)ncn2)nn(C)c1-c1ccc(F)cc1. The van der Waals surface area contributed by atoms with Crippen LogP contribution in [0.25, 0.3) is 17.1 Å². The Bertz CT molecular complexity index is 1270. The molecule has 4 aromatic rings. The van der Waals surface area contributed by atoms with Gasteiger partial charge in [-0.3, -0.25) is 14.6 Å². The summed E-state index contributed by atoms with van der Waals surface area (Å²) in [6, 6.07) is 8.23. The van der Waals surface area contributed by atoms with E-state index in [1.807, 2.05) is 18.7 Å². The summed E-state index contributed by atoms with van der Waals surface area (Å²) in [5, 5.41) is 7.75. The average Bonchev–Trinajstić information content (AvgIpc) is 3.19. The van der Waals surface area contributed by atoms with Crippen LogP contribution in [0, 0.1) is 19.7 Å². The third-order valence-electron chi connectivity index (χ3n) is 5.35. The molecule has 0 atom stereocenters. The second-order valence-electron chi connectivity index (χ2n) is 7.30. The van der Waals surface area contributed by atoms with Crippen LogP contribution in [0.2, 0.25) is 0 Å². The quantitative estimate of drug-likeness (QED) is 0.552. The van der Waals surface area contributed by atoms with E-state index < -0.39 is 0 Å². The Kier molecular flexibility index (Phi) is 5.07. The van der Waals surface area contributed by atoms with E-state index in [1.54, 1.807) is 25.1 Å². The molecule has 4 rings (SSSR count). The molecule has 0 aliphatic carbocycles. The zero-order valence-corrected chi connectivity index (χ0v) is 17.4. The van der Waals surface area contributed by atoms with Crippen LogP contribution < -0.4 is 5.56 Å². The van der Waals surface area contributed by atoms with Crippen LogP contribution >= 0.6 is 0 Å². The molecule has 0 aliphatic heterocycles. The monoisotopic (exact) mass is 406 g/mol. The fourth-order valence-electron chi connectivity index (χ4n) is 3.67. The van der Waals surface area contributed by atoms with Crippen LogP contribution in [-0.4, -0.2) is 29.5 Å². The van der Waals surface area contributed by atoms with Gasteiger partial charge in [0, 0.05) is 41.9 Å². The minimum Gasteiger partial charge on any atom is -0.294 e. The van der Waals surface area contributed by atoms with Gasteiger partial charge in [0.1, 0.15) is 12.1 Å². The van der Waals surface area contributed by atoms with Gasteiger partial charge in [0.05, 0.1) is 17.1 Å². The van der Waals surface area contributed by atoms with Crippen LogP contribution in [0.1, 0.15) is 35.1 Å². The highest BCUT2D eigenvalue weighted by Crippen LogP contribution is 2.28. The second kappa shape index (κ2) is 7.70. The number of nitrogens with zero attached hydrogens (tertiary/aromatic N) is 5. The number of aromatic amines is 1. The number of hydrogen-bond acceptors (Lipinski definition) is 4. The summed E-state index contributed by atoms with van der Waals surface area (Å²) in [5.74, 6) is 0.228. The lowest BCUT2D eigenvalue weighted by atomic mass is 10.0. The first kappa shape index (κ1) is 19.8. The van der Waals surface area contributed by atoms with Crippen molar-refractivity contribution in [2.75, 3.05) is 0 Å². The Morgan fingerprint density at radius 3 is 2.50 bits per heavy atom. The molecule has 0 aliphatic rings. The van der Waals surface area contributed by atoms with Gasteiger partial charge in [0.15, 0.2) is 5.82 Å². The van der Waals surface area contributed by atoms with E-state index in [9.17, 15) is 9.18 Å². The lowest BCUT2D eigenvalue weighted by Gasteiger charge is -2.06. The standard InChI is InChI=1S/C22H23FN6O/c1-5-18-19(27-28(4)21(18)15-6-8-16(23)9-7-15)10-17-11-20(25-12-24-17)29-22(30)13(2)14(3)26-29/h6-9,11-12,26H,5,10H2,1-4H3. The maximum atomic E-state index is 13.3. The first-order valence-corrected chi connectivity index (χ1v) is 9.79. The Morgan fingerprint density at radius 1 is 1.13 bits per heavy atom. The molecule has 7 nitrogen and oxygen atoms in total. The van der Waals surface area contributed by atoms with Crippen molar-refractivity contribution in [3.63, 3.8) is 0 Å². The minimum atomic E-state index is -0.266. The summed E-state index contributed by atoms with van der Waals surface area (Å²) in [5.41, 5.74) is 5.98. The summed E-state index contributed by atoms with van der Waals surface area (Å²) >= 11 is 0. The number of aryl methyl sites for hydroxylation is 2. The normalized spacial score (nSPS) is 11.2. The number of nitrogens with one attached hydrogen (secondary N) is 1. The van der Waals surface area contributed by atoms with Crippen LogP contribution in [0.15, 0.2) is 41.5 Å². The molecule has 0 amide bonds. The molecule has 3 heterocycles. The highest BCUT2D eigenvalue weighted by Gasteiger charge is 2.18. The van der Waals surface area contributed by atoms with Crippen LogP contribution in [-0.2, 0) is 19.9 Å². The lowest BCUT2D eigenvalue weighted by molar-refractivity contribution is 0.628. The highest BCUT2D eigenvalue weighted by molar-refractivity contribution is 5.65. The smallest absolute Gasteiger partial charge is 0.275 e. The summed E-state index contributed by atoms with van der Waals surface area (Å²) in [7, 11) is 1.89. The van der Waals surface area contributed by atoms with E-state index in [0.717, 1.165) is 40.3 Å². The zero-order chi connectivity index (χ0) is 21.4. The van der Waals surface area contributed by atoms with E-state index in [1.165, 1.54) is 23.1 Å². The molecule has 0 bridgehead atoms. The van der Waals surface area contributed by atoms with E-state index in [-0.39, 0.29) is 11.4 Å². The van der Waals surface area contributed by atoms with Gasteiger partial charge < -0.3 is 0 Å². The van der Waals surface area contributed by atoms with Crippen molar-refractivity contribution in [2.45, 2.75) is 33.6 Å². The van der Waals surface area contributed by atoms with Crippen LogP contribution in [0.3, 0.4) is 0 Å². The van der Waals surface area contributed by atoms with Crippen LogP contribution in [0.5, 0.6) is 0 Å². The predicted octanol–water partition coefficient (Wildman–Crippen LogP) is 3.27. The van der Waals surface area contributed by atoms with Gasteiger partial charge >= 0.3 is 0 Å². The molecule has 1 aromatic carbocycles. The second-order valence-corrected chi connectivity index (χ2v) is 7.30. The Labute approximate surface area is 173 Å². The van der Waals surface area contributed by atoms with Crippen molar-refractivity contribution in [1.29, 1.82) is 0 Å². The van der Waals surface area contributed by atoms with Gasteiger partial charge in [0.2, 0.25) is 0 Å². The summed E-state index contributed by atoms with van der Waals surface area (Å²) < 4.78 is 16.6. The number of halogens is 1. The van der Waals surface area contributed by atoms with Gasteiger partial charge in [-0.1, -0.05) is 6.92 Å². The van der Waals surface area contributed by atoms with Crippen molar-refractivity contribution in [2.24, 2.45) is 7.05 Å². The van der Waals surface area contributed by atoms with Gasteiger partial charge in [-0.15, -0.1) is 0 Å². The molecule has 0 saturated carbocycles. The summed E-state index contributed by atoms with van der Waals surface area (Å²) in [4.78, 5) is 21.0. The molecule has 0 spiro atoms. The average molecular weight is 406 g/mol. The van der Waals surface area contributed by atoms with Crippen molar-refractivity contribution in [3.05, 3.63) is 81.0 Å². The number of hydrogen-bond donors (Lipinski definition) is 1. The van der Waals surface area contributed by atoms with E-state index >= 15 is 0 Å². The first-order valence-electron chi connectivity index (χ1n) is 9.79. The fraction of sp³-hybridized carbons (Fsp3) is 0.273. The topological polar surface area (TPSA) is 81.4 Å². The maximum Gasteiger partial charge on any atom is 0.275 e. The lowest BCUT2D eigenvalue weighted by Crippen LogP contribution is -2.17. The molecular formula is C22H23FN6O. The van der Waals surface area contributed by atoms with E-state index in [0.29, 0.717) is 17.8 Å². The molecule has 1 N–H and O–H groups in total. The number of rotatable bonds is 5. The molecule has 0 unspecified atom stereocenters. The van der Waals surface area contributed by atoms with Crippen molar-refractivity contribution in [3.8, 4) is 17.1 Å². The van der Waals surface area contributed by atoms with Crippen molar-refractivity contribution in [1.82, 2.24) is 29.5 Å². The third-order valence-corrected chi connectivity index (χ3v) is 5.35. The van der Waals surface area contributed by atoms with Gasteiger partial charge in [-0.2, -0.15) is 5.10 Å². The molecule has 0 saturated heterocycles. The molecular weight excluding hydrogens is 383 g/mol. The predicted molar refractivity (Wildman–Crippen MR) is 112 cm³/mol. The van der Waals surface area contributed by atoms with E-state index in [2.05, 4.69) is 22.0 Å². The minimum absolute atomic E-state index is 0.122. The number of aromatic nitrogens is 6. The molecule has 30 heavy (non-hydrogen) atoms. The van der Waals surface area contributed by atoms with E-state index in [4.69, 9.17) is 5.10 Å². The summed E-state index contributed by atoms with van der Waals surface area (Å²) in [6.07, 6.45) is 2.74. The Hall–Kier alpha value is -3.55. The molecule has 0 fully saturated rings. The molecule has 154 valence electrons. The Balaban J connectivity index is 1.72. The van der Waals surface area contributed by atoms with Gasteiger partial charge in [-0.25, -0.2) is 19.0 Å². The number of H-pyrrole nitrogens is 1. The molecule has 0 radical (unpaired) electrons.